The van der Waals surface area contributed by atoms with Crippen LogP contribution in [0.1, 0.15) is 39.9 Å². The van der Waals surface area contributed by atoms with Crippen LogP contribution in [0.15, 0.2) is 12.1 Å². The van der Waals surface area contributed by atoms with E-state index in [9.17, 15) is 13.8 Å². The van der Waals surface area contributed by atoms with E-state index in [0.29, 0.717) is 42.8 Å². The summed E-state index contributed by atoms with van der Waals surface area (Å²) < 4.78 is 16.8. The quantitative estimate of drug-likeness (QED) is 0.506. The predicted molar refractivity (Wildman–Crippen MR) is 84.9 cm³/mol. The zero-order chi connectivity index (χ0) is 16.6. The summed E-state index contributed by atoms with van der Waals surface area (Å²) in [5, 5.41) is 9.02. The Labute approximate surface area is 137 Å². The Morgan fingerprint density at radius 3 is 2.65 bits per heavy atom. The zero-order valence-corrected chi connectivity index (χ0v) is 13.5. The summed E-state index contributed by atoms with van der Waals surface area (Å²) in [4.78, 5) is 24.7. The number of piperidine rings is 1. The Morgan fingerprint density at radius 1 is 1.35 bits per heavy atom. The highest BCUT2D eigenvalue weighted by atomic mass is 32.1. The first-order valence-electron chi connectivity index (χ1n) is 7.47. The van der Waals surface area contributed by atoms with Crippen molar-refractivity contribution in [3.63, 3.8) is 0 Å². The molecule has 7 heteroatoms. The van der Waals surface area contributed by atoms with Crippen LogP contribution in [0.25, 0.3) is 0 Å². The molecule has 1 fully saturated rings. The number of likely N-dealkylation sites (tertiary alicyclic amines) is 1. The number of hydrogen-bond acceptors (Lipinski definition) is 4. The summed E-state index contributed by atoms with van der Waals surface area (Å²) >= 11 is 0.475. The average molecular weight is 335 g/mol. The number of hydrogen-bond donors (Lipinski definition) is 1. The average Bonchev–Trinajstić information content (AvgIpc) is 2.93. The molecule has 23 heavy (non-hydrogen) atoms. The number of esters is 1. The molecule has 6 nitrogen and oxygen atoms in total. The molecule has 0 aromatic heterocycles. The molecular formula is C16H17NO5S. The fraction of sp³-hybridized carbons (Fsp3) is 0.438. The van der Waals surface area contributed by atoms with Crippen molar-refractivity contribution in [2.24, 2.45) is 5.92 Å². The second kappa shape index (κ2) is 6.16. The van der Waals surface area contributed by atoms with Crippen LogP contribution in [0.4, 0.5) is 4.79 Å². The predicted octanol–water partition coefficient (Wildman–Crippen LogP) is 1.79. The van der Waals surface area contributed by atoms with Gasteiger partial charge in [0.1, 0.15) is 6.61 Å². The van der Waals surface area contributed by atoms with E-state index in [4.69, 9.17) is 9.84 Å². The molecule has 1 saturated heterocycles. The third-order valence-corrected chi connectivity index (χ3v) is 5.39. The second-order valence-corrected chi connectivity index (χ2v) is 6.44. The molecule has 0 atom stereocenters. The summed E-state index contributed by atoms with van der Waals surface area (Å²) in [5.74, 6) is -0.261. The van der Waals surface area contributed by atoms with Gasteiger partial charge >= 0.3 is 12.1 Å². The number of benzene rings is 1. The second-order valence-electron chi connectivity index (χ2n) is 5.83. The van der Waals surface area contributed by atoms with Gasteiger partial charge in [0.25, 0.3) is 0 Å². The minimum absolute atomic E-state index is 0.0582. The molecular weight excluding hydrogens is 318 g/mol. The van der Waals surface area contributed by atoms with E-state index < -0.39 is 6.09 Å². The van der Waals surface area contributed by atoms with E-state index >= 15 is 0 Å². The largest absolute Gasteiger partial charge is 0.465 e. The van der Waals surface area contributed by atoms with Gasteiger partial charge in [0.15, 0.2) is 0 Å². The third-order valence-electron chi connectivity index (χ3n) is 4.66. The van der Waals surface area contributed by atoms with E-state index in [-0.39, 0.29) is 18.5 Å². The Morgan fingerprint density at radius 2 is 2.04 bits per heavy atom. The maximum atomic E-state index is 11.7. The monoisotopic (exact) mass is 335 g/mol. The first-order valence-corrected chi connectivity index (χ1v) is 8.21. The highest BCUT2D eigenvalue weighted by Crippen LogP contribution is 2.29. The lowest BCUT2D eigenvalue weighted by Gasteiger charge is -2.30. The van der Waals surface area contributed by atoms with Gasteiger partial charge in [-0.05, 0) is 37.0 Å². The first kappa shape index (κ1) is 15.7. The first-order chi connectivity index (χ1) is 11.0. The number of ether oxygens (including phenoxy) is 1. The smallest absolute Gasteiger partial charge is 0.407 e. The van der Waals surface area contributed by atoms with Gasteiger partial charge in [0.2, 0.25) is 0 Å². The van der Waals surface area contributed by atoms with Gasteiger partial charge in [-0.1, -0.05) is 6.07 Å². The van der Waals surface area contributed by atoms with E-state index in [1.807, 2.05) is 13.0 Å². The van der Waals surface area contributed by atoms with Crippen LogP contribution >= 0.6 is 0 Å². The van der Waals surface area contributed by atoms with Crippen molar-refractivity contribution in [1.82, 2.24) is 4.90 Å². The Balaban J connectivity index is 1.88. The van der Waals surface area contributed by atoms with Crippen molar-refractivity contribution < 1.29 is 23.6 Å². The fourth-order valence-corrected chi connectivity index (χ4v) is 3.96. The van der Waals surface area contributed by atoms with Crippen LogP contribution < -0.4 is 0 Å². The number of amides is 1. The molecule has 0 bridgehead atoms. The maximum Gasteiger partial charge on any atom is 0.407 e. The molecule has 0 saturated carbocycles. The molecule has 2 aliphatic heterocycles. The SMILES string of the molecule is Cc1c(C(=S=O)C2CCN(C(=O)O)CC2)ccc2c1COC2=O. The number of rotatable bonds is 2. The normalized spacial score (nSPS) is 17.6. The van der Waals surface area contributed by atoms with Crippen molar-refractivity contribution in [2.45, 2.75) is 26.4 Å². The molecule has 3 rings (SSSR count). The Hall–Kier alpha value is -2.15. The van der Waals surface area contributed by atoms with Gasteiger partial charge in [0.05, 0.1) is 21.7 Å². The van der Waals surface area contributed by atoms with Gasteiger partial charge in [-0.15, -0.1) is 0 Å². The molecule has 2 heterocycles. The number of carbonyl (C=O) groups excluding carboxylic acids is 1. The number of carbonyl (C=O) groups is 2. The van der Waals surface area contributed by atoms with E-state index in [1.54, 1.807) is 6.07 Å². The van der Waals surface area contributed by atoms with Crippen LogP contribution in [0.5, 0.6) is 0 Å². The minimum atomic E-state index is -0.913. The van der Waals surface area contributed by atoms with Gasteiger partial charge in [-0.25, -0.2) is 13.8 Å². The summed E-state index contributed by atoms with van der Waals surface area (Å²) in [6.45, 7) is 3.03. The number of cyclic esters (lactones) is 1. The highest BCUT2D eigenvalue weighted by Gasteiger charge is 2.30. The summed E-state index contributed by atoms with van der Waals surface area (Å²) in [6, 6.07) is 3.53. The molecule has 0 spiro atoms. The van der Waals surface area contributed by atoms with Crippen molar-refractivity contribution in [3.8, 4) is 0 Å². The number of carboxylic acid groups (broad SMARTS) is 1. The Kier molecular flexibility index (Phi) is 4.21. The van der Waals surface area contributed by atoms with Crippen molar-refractivity contribution >= 4 is 28.2 Å². The topological polar surface area (TPSA) is 83.9 Å². The number of nitrogens with zero attached hydrogens (tertiary/aromatic N) is 1. The van der Waals surface area contributed by atoms with E-state index in [2.05, 4.69) is 0 Å². The highest BCUT2D eigenvalue weighted by molar-refractivity contribution is 7.67. The van der Waals surface area contributed by atoms with Gasteiger partial charge in [-0.3, -0.25) is 0 Å². The molecule has 0 aliphatic carbocycles. The van der Waals surface area contributed by atoms with Gasteiger partial charge in [0, 0.05) is 24.6 Å². The van der Waals surface area contributed by atoms with E-state index in [1.165, 1.54) is 4.90 Å². The zero-order valence-electron chi connectivity index (χ0n) is 12.7. The molecule has 0 unspecified atom stereocenters. The van der Waals surface area contributed by atoms with Gasteiger partial charge < -0.3 is 14.7 Å². The summed E-state index contributed by atoms with van der Waals surface area (Å²) in [5.41, 5.74) is 3.19. The number of fused-ring (bicyclic) bond motifs is 1. The van der Waals surface area contributed by atoms with Crippen LogP contribution in [-0.2, 0) is 22.6 Å². The third kappa shape index (κ3) is 2.76. The molecule has 0 radical (unpaired) electrons. The molecule has 1 aromatic rings. The lowest BCUT2D eigenvalue weighted by atomic mass is 9.86. The Bertz CT molecular complexity index is 730. The molecule has 2 aliphatic rings. The minimum Gasteiger partial charge on any atom is -0.465 e. The van der Waals surface area contributed by atoms with Crippen LogP contribution in [0.2, 0.25) is 0 Å². The van der Waals surface area contributed by atoms with Crippen molar-refractivity contribution in [3.05, 3.63) is 34.4 Å². The lowest BCUT2D eigenvalue weighted by Crippen LogP contribution is -2.39. The molecule has 122 valence electrons. The lowest BCUT2D eigenvalue weighted by molar-refractivity contribution is 0.0535. The van der Waals surface area contributed by atoms with Crippen LogP contribution in [0, 0.1) is 12.8 Å². The van der Waals surface area contributed by atoms with Crippen LogP contribution in [-0.4, -0.2) is 44.2 Å². The van der Waals surface area contributed by atoms with Gasteiger partial charge in [-0.2, -0.15) is 0 Å². The summed E-state index contributed by atoms with van der Waals surface area (Å²) in [6.07, 6.45) is 0.371. The molecule has 1 aromatic carbocycles. The fourth-order valence-electron chi connectivity index (χ4n) is 3.28. The summed E-state index contributed by atoms with van der Waals surface area (Å²) in [7, 11) is 0. The standard InChI is InChI=1S/C16H17NO5S/c1-9-11(2-3-12-13(9)8-22-15(12)18)14(23-21)10-4-6-17(7-5-10)16(19)20/h2-3,10H,4-8H2,1H3,(H,19,20). The van der Waals surface area contributed by atoms with E-state index in [0.717, 1.165) is 21.6 Å². The van der Waals surface area contributed by atoms with Crippen molar-refractivity contribution in [1.29, 1.82) is 0 Å². The van der Waals surface area contributed by atoms with Crippen LogP contribution in [0.3, 0.4) is 0 Å². The van der Waals surface area contributed by atoms with Crippen molar-refractivity contribution in [2.75, 3.05) is 13.1 Å². The molecule has 1 amide bonds. The molecule has 1 N–H and O–H groups in total. The maximum absolute atomic E-state index is 11.7.